The van der Waals surface area contributed by atoms with E-state index >= 15 is 0 Å². The van der Waals surface area contributed by atoms with Crippen LogP contribution in [0, 0.1) is 0 Å². The second kappa shape index (κ2) is 7.09. The molecule has 2 aromatic heterocycles. The number of rotatable bonds is 4. The molecule has 0 aliphatic carbocycles. The number of sulfone groups is 1. The van der Waals surface area contributed by atoms with E-state index in [1.165, 1.54) is 6.26 Å². The maximum absolute atomic E-state index is 12.0. The van der Waals surface area contributed by atoms with E-state index in [1.807, 2.05) is 30.5 Å². The molecular formula is C19H22N4O2S2. The molecule has 0 radical (unpaired) electrons. The van der Waals surface area contributed by atoms with Crippen molar-refractivity contribution in [2.45, 2.75) is 23.8 Å². The molecule has 0 spiro atoms. The molecule has 1 aliphatic rings. The minimum atomic E-state index is -3.29. The van der Waals surface area contributed by atoms with Crippen LogP contribution in [0.1, 0.15) is 12.8 Å². The first kappa shape index (κ1) is 18.2. The third-order valence-electron chi connectivity index (χ3n) is 5.06. The van der Waals surface area contributed by atoms with Crippen LogP contribution in [0.4, 0.5) is 10.9 Å². The lowest BCUT2D eigenvalue weighted by molar-refractivity contribution is 0.480. The summed E-state index contributed by atoms with van der Waals surface area (Å²) in [5.41, 5.74) is 0.590. The van der Waals surface area contributed by atoms with Crippen LogP contribution < -0.4 is 9.80 Å². The van der Waals surface area contributed by atoms with Gasteiger partial charge in [0.25, 0.3) is 0 Å². The quantitative estimate of drug-likeness (QED) is 0.668. The summed E-state index contributed by atoms with van der Waals surface area (Å²) in [5, 5.41) is 0.903. The van der Waals surface area contributed by atoms with Crippen molar-refractivity contribution in [3.05, 3.63) is 42.6 Å². The zero-order valence-corrected chi connectivity index (χ0v) is 17.0. The van der Waals surface area contributed by atoms with Crippen molar-refractivity contribution >= 4 is 42.3 Å². The summed E-state index contributed by atoms with van der Waals surface area (Å²) in [5.74, 6) is 0.994. The summed E-state index contributed by atoms with van der Waals surface area (Å²) in [6.45, 7) is 1.80. The van der Waals surface area contributed by atoms with Crippen LogP contribution in [0.2, 0.25) is 0 Å². The van der Waals surface area contributed by atoms with Crippen molar-refractivity contribution < 1.29 is 8.42 Å². The molecule has 1 fully saturated rings. The van der Waals surface area contributed by atoms with Crippen LogP contribution in [0.15, 0.2) is 47.5 Å². The highest BCUT2D eigenvalue weighted by Crippen LogP contribution is 2.34. The first-order valence-corrected chi connectivity index (χ1v) is 11.6. The number of pyridine rings is 1. The molecule has 8 heteroatoms. The Hall–Kier alpha value is -2.19. The Balaban J connectivity index is 1.52. The molecule has 6 nitrogen and oxygen atoms in total. The van der Waals surface area contributed by atoms with Crippen molar-refractivity contribution in [2.75, 3.05) is 36.2 Å². The zero-order valence-electron chi connectivity index (χ0n) is 15.4. The summed E-state index contributed by atoms with van der Waals surface area (Å²) in [6, 6.07) is 11.8. The van der Waals surface area contributed by atoms with Gasteiger partial charge in [-0.2, -0.15) is 0 Å². The van der Waals surface area contributed by atoms with Gasteiger partial charge >= 0.3 is 0 Å². The molecular weight excluding hydrogens is 380 g/mol. The molecule has 0 N–H and O–H groups in total. The fourth-order valence-electron chi connectivity index (χ4n) is 3.54. The van der Waals surface area contributed by atoms with E-state index in [2.05, 4.69) is 26.8 Å². The smallest absolute Gasteiger partial charge is 0.186 e. The second-order valence-electron chi connectivity index (χ2n) is 6.89. The lowest BCUT2D eigenvalue weighted by atomic mass is 10.0. The number of fused-ring (bicyclic) bond motifs is 1. The molecule has 0 amide bonds. The lowest BCUT2D eigenvalue weighted by Gasteiger charge is -2.37. The number of thiazole rings is 1. The Morgan fingerprint density at radius 1 is 1.15 bits per heavy atom. The van der Waals surface area contributed by atoms with Crippen LogP contribution in [0.3, 0.4) is 0 Å². The first-order valence-electron chi connectivity index (χ1n) is 8.92. The second-order valence-corrected chi connectivity index (χ2v) is 9.88. The van der Waals surface area contributed by atoms with Crippen molar-refractivity contribution in [3.8, 4) is 0 Å². The van der Waals surface area contributed by atoms with Crippen LogP contribution in [0.25, 0.3) is 10.2 Å². The van der Waals surface area contributed by atoms with Gasteiger partial charge in [0.15, 0.2) is 15.0 Å². The molecule has 1 aromatic carbocycles. The van der Waals surface area contributed by atoms with Crippen molar-refractivity contribution in [3.63, 3.8) is 0 Å². The Labute approximate surface area is 163 Å². The maximum Gasteiger partial charge on any atom is 0.186 e. The predicted molar refractivity (Wildman–Crippen MR) is 111 cm³/mol. The van der Waals surface area contributed by atoms with Gasteiger partial charge in [-0.1, -0.05) is 23.5 Å². The summed E-state index contributed by atoms with van der Waals surface area (Å²) >= 11 is 1.56. The van der Waals surface area contributed by atoms with Gasteiger partial charge in [0.2, 0.25) is 0 Å². The van der Waals surface area contributed by atoms with Gasteiger partial charge < -0.3 is 9.80 Å². The highest BCUT2D eigenvalue weighted by molar-refractivity contribution is 7.91. The highest BCUT2D eigenvalue weighted by atomic mass is 32.2. The molecule has 1 aliphatic heterocycles. The number of para-hydroxylation sites is 1. The lowest BCUT2D eigenvalue weighted by Crippen LogP contribution is -2.43. The van der Waals surface area contributed by atoms with Crippen LogP contribution >= 0.6 is 11.3 Å². The molecule has 0 saturated carbocycles. The molecule has 1 saturated heterocycles. The number of hydrogen-bond donors (Lipinski definition) is 0. The maximum atomic E-state index is 12.0. The minimum absolute atomic E-state index is 0.312. The Morgan fingerprint density at radius 2 is 1.93 bits per heavy atom. The molecule has 4 rings (SSSR count). The molecule has 3 heterocycles. The van der Waals surface area contributed by atoms with E-state index in [9.17, 15) is 8.42 Å². The van der Waals surface area contributed by atoms with E-state index in [4.69, 9.17) is 0 Å². The van der Waals surface area contributed by atoms with Gasteiger partial charge in [0, 0.05) is 38.6 Å². The fourth-order valence-corrected chi connectivity index (χ4v) is 5.48. The number of benzene rings is 1. The van der Waals surface area contributed by atoms with Gasteiger partial charge in [0.05, 0.1) is 9.60 Å². The van der Waals surface area contributed by atoms with Crippen LogP contribution in [-0.2, 0) is 9.84 Å². The third kappa shape index (κ3) is 3.64. The van der Waals surface area contributed by atoms with Gasteiger partial charge in [-0.05, 0) is 37.1 Å². The summed E-state index contributed by atoms with van der Waals surface area (Å²) < 4.78 is 25.0. The average molecular weight is 403 g/mol. The number of nitrogens with zero attached hydrogens (tertiary/aromatic N) is 4. The molecule has 0 unspecified atom stereocenters. The van der Waals surface area contributed by atoms with E-state index in [1.54, 1.807) is 23.5 Å². The number of piperidine rings is 1. The monoisotopic (exact) mass is 402 g/mol. The van der Waals surface area contributed by atoms with E-state index < -0.39 is 9.84 Å². The summed E-state index contributed by atoms with van der Waals surface area (Å²) in [4.78, 5) is 13.9. The summed E-state index contributed by atoms with van der Waals surface area (Å²) in [6.07, 6.45) is 5.09. The number of aromatic nitrogens is 2. The largest absolute Gasteiger partial charge is 0.357 e. The Kier molecular flexibility index (Phi) is 4.77. The number of anilines is 2. The van der Waals surface area contributed by atoms with E-state index in [-0.39, 0.29) is 0 Å². The molecule has 0 bridgehead atoms. The van der Waals surface area contributed by atoms with Crippen molar-refractivity contribution in [1.29, 1.82) is 0 Å². The predicted octanol–water partition coefficient (Wildman–Crippen LogP) is 3.20. The fraction of sp³-hybridized carbons (Fsp3) is 0.368. The Bertz CT molecular complexity index is 1040. The molecule has 0 atom stereocenters. The standard InChI is InChI=1S/C19H22N4O2S2/c1-22(17-8-3-4-11-20-17)14-9-12-23(13-10-14)19-21-18-15(26-19)6-5-7-16(18)27(2,24)25/h3-8,11,14H,9-10,12-13H2,1-2H3. The minimum Gasteiger partial charge on any atom is -0.357 e. The van der Waals surface area contributed by atoms with Gasteiger partial charge in [0.1, 0.15) is 11.3 Å². The molecule has 3 aromatic rings. The Morgan fingerprint density at radius 3 is 2.59 bits per heavy atom. The molecule has 142 valence electrons. The van der Waals surface area contributed by atoms with Crippen molar-refractivity contribution in [2.24, 2.45) is 0 Å². The third-order valence-corrected chi connectivity index (χ3v) is 7.27. The first-order chi connectivity index (χ1) is 12.9. The zero-order chi connectivity index (χ0) is 19.0. The summed E-state index contributed by atoms with van der Waals surface area (Å²) in [7, 11) is -1.19. The van der Waals surface area contributed by atoms with E-state index in [0.29, 0.717) is 16.5 Å². The van der Waals surface area contributed by atoms with Gasteiger partial charge in [-0.15, -0.1) is 0 Å². The van der Waals surface area contributed by atoms with Crippen LogP contribution in [-0.4, -0.2) is 50.8 Å². The highest BCUT2D eigenvalue weighted by Gasteiger charge is 2.25. The van der Waals surface area contributed by atoms with Crippen LogP contribution in [0.5, 0.6) is 0 Å². The SMILES string of the molecule is CN(c1ccccn1)C1CCN(c2nc3c(S(C)(=O)=O)cccc3s2)CC1. The normalized spacial score (nSPS) is 16.0. The van der Waals surface area contributed by atoms with Gasteiger partial charge in [-0.25, -0.2) is 18.4 Å². The van der Waals surface area contributed by atoms with Gasteiger partial charge in [-0.3, -0.25) is 0 Å². The average Bonchev–Trinajstić information content (AvgIpc) is 3.11. The topological polar surface area (TPSA) is 66.4 Å². The molecule has 27 heavy (non-hydrogen) atoms. The van der Waals surface area contributed by atoms with Crippen molar-refractivity contribution in [1.82, 2.24) is 9.97 Å². The van der Waals surface area contributed by atoms with E-state index in [0.717, 1.165) is 41.6 Å². The number of hydrogen-bond acceptors (Lipinski definition) is 7.